The largest absolute Gasteiger partial charge is 0.369 e. The van der Waals surface area contributed by atoms with Crippen LogP contribution in [0.2, 0.25) is 0 Å². The van der Waals surface area contributed by atoms with E-state index in [0.717, 1.165) is 12.2 Å². The third kappa shape index (κ3) is 4.12. The molecule has 2 unspecified atom stereocenters. The molecule has 1 fully saturated rings. The Hall–Kier alpha value is 0.230. The predicted molar refractivity (Wildman–Crippen MR) is 76.1 cm³/mol. The standard InChI is InChI=1S/C13H28N2OS/c1-9(2)17-8-11(15-14)10-7-12(3,4)16-13(10,5)6/h9-11,15H,7-8,14H2,1-6H3. The van der Waals surface area contributed by atoms with Crippen LogP contribution in [0, 0.1) is 5.92 Å². The molecule has 17 heavy (non-hydrogen) atoms. The second-order valence-electron chi connectivity index (χ2n) is 6.43. The first-order valence-corrected chi connectivity index (χ1v) is 7.51. The molecule has 0 aliphatic carbocycles. The van der Waals surface area contributed by atoms with E-state index in [1.807, 2.05) is 11.8 Å². The number of thioether (sulfide) groups is 1. The lowest BCUT2D eigenvalue weighted by molar-refractivity contribution is -0.0769. The highest BCUT2D eigenvalue weighted by Gasteiger charge is 2.48. The Labute approximate surface area is 110 Å². The average molecular weight is 260 g/mol. The van der Waals surface area contributed by atoms with Gasteiger partial charge in [-0.25, -0.2) is 0 Å². The van der Waals surface area contributed by atoms with Gasteiger partial charge in [0.05, 0.1) is 11.2 Å². The summed E-state index contributed by atoms with van der Waals surface area (Å²) >= 11 is 1.95. The number of hydrazine groups is 1. The van der Waals surface area contributed by atoms with Crippen molar-refractivity contribution >= 4 is 11.8 Å². The zero-order valence-electron chi connectivity index (χ0n) is 12.0. The molecule has 0 radical (unpaired) electrons. The fourth-order valence-corrected chi connectivity index (χ4v) is 3.73. The van der Waals surface area contributed by atoms with Crippen LogP contribution in [0.15, 0.2) is 0 Å². The highest BCUT2D eigenvalue weighted by atomic mass is 32.2. The van der Waals surface area contributed by atoms with Gasteiger partial charge in [-0.2, -0.15) is 11.8 Å². The fraction of sp³-hybridized carbons (Fsp3) is 1.00. The molecule has 0 aromatic carbocycles. The second kappa shape index (κ2) is 5.47. The molecule has 1 aliphatic rings. The fourth-order valence-electron chi connectivity index (χ4n) is 2.81. The molecule has 0 aromatic rings. The highest BCUT2D eigenvalue weighted by molar-refractivity contribution is 7.99. The van der Waals surface area contributed by atoms with Crippen molar-refractivity contribution in [3.8, 4) is 0 Å². The van der Waals surface area contributed by atoms with Crippen LogP contribution < -0.4 is 11.3 Å². The Morgan fingerprint density at radius 1 is 1.35 bits per heavy atom. The molecule has 0 spiro atoms. The zero-order chi connectivity index (χ0) is 13.3. The molecule has 0 amide bonds. The first-order chi connectivity index (χ1) is 7.68. The summed E-state index contributed by atoms with van der Waals surface area (Å²) in [6, 6.07) is 0.319. The van der Waals surface area contributed by atoms with Crippen molar-refractivity contribution in [3.05, 3.63) is 0 Å². The van der Waals surface area contributed by atoms with Gasteiger partial charge in [0.15, 0.2) is 0 Å². The van der Waals surface area contributed by atoms with E-state index in [0.29, 0.717) is 17.2 Å². The molecule has 3 N–H and O–H groups in total. The maximum atomic E-state index is 6.13. The number of nitrogens with one attached hydrogen (secondary N) is 1. The highest BCUT2D eigenvalue weighted by Crippen LogP contribution is 2.44. The number of rotatable bonds is 5. The van der Waals surface area contributed by atoms with E-state index in [2.05, 4.69) is 47.0 Å². The van der Waals surface area contributed by atoms with Gasteiger partial charge in [0.2, 0.25) is 0 Å². The van der Waals surface area contributed by atoms with Gasteiger partial charge < -0.3 is 4.74 Å². The van der Waals surface area contributed by atoms with Crippen LogP contribution in [0.5, 0.6) is 0 Å². The van der Waals surface area contributed by atoms with Gasteiger partial charge in [-0.05, 0) is 39.4 Å². The lowest BCUT2D eigenvalue weighted by atomic mass is 9.82. The first kappa shape index (κ1) is 15.3. The molecule has 1 saturated heterocycles. The predicted octanol–water partition coefficient (Wildman–Crippen LogP) is 2.55. The second-order valence-corrected chi connectivity index (χ2v) is 8.04. The minimum atomic E-state index is -0.0991. The van der Waals surface area contributed by atoms with Crippen LogP contribution in [-0.4, -0.2) is 28.2 Å². The molecule has 3 nitrogen and oxygen atoms in total. The van der Waals surface area contributed by atoms with Gasteiger partial charge in [-0.1, -0.05) is 13.8 Å². The van der Waals surface area contributed by atoms with Crippen LogP contribution in [0.3, 0.4) is 0 Å². The van der Waals surface area contributed by atoms with Crippen LogP contribution in [-0.2, 0) is 4.74 Å². The molecule has 2 atom stereocenters. The van der Waals surface area contributed by atoms with Gasteiger partial charge in [-0.3, -0.25) is 11.3 Å². The monoisotopic (exact) mass is 260 g/mol. The summed E-state index contributed by atoms with van der Waals surface area (Å²) in [5.74, 6) is 7.24. The Bertz CT molecular complexity index is 254. The van der Waals surface area contributed by atoms with Gasteiger partial charge in [0.25, 0.3) is 0 Å². The molecule has 102 valence electrons. The third-order valence-corrected chi connectivity index (χ3v) is 4.67. The Morgan fingerprint density at radius 3 is 2.29 bits per heavy atom. The quantitative estimate of drug-likeness (QED) is 0.589. The lowest BCUT2D eigenvalue weighted by Crippen LogP contribution is -2.48. The topological polar surface area (TPSA) is 47.3 Å². The third-order valence-electron chi connectivity index (χ3n) is 3.45. The van der Waals surface area contributed by atoms with Crippen LogP contribution in [0.1, 0.15) is 48.0 Å². The van der Waals surface area contributed by atoms with Crippen molar-refractivity contribution in [1.82, 2.24) is 5.43 Å². The summed E-state index contributed by atoms with van der Waals surface area (Å²) in [5, 5.41) is 0.643. The molecule has 4 heteroatoms. The van der Waals surface area contributed by atoms with Crippen LogP contribution in [0.25, 0.3) is 0 Å². The minimum Gasteiger partial charge on any atom is -0.369 e. The van der Waals surface area contributed by atoms with Crippen molar-refractivity contribution < 1.29 is 4.74 Å². The normalized spacial score (nSPS) is 28.6. The van der Waals surface area contributed by atoms with Gasteiger partial charge >= 0.3 is 0 Å². The Balaban J connectivity index is 2.68. The van der Waals surface area contributed by atoms with E-state index in [1.165, 1.54) is 0 Å². The van der Waals surface area contributed by atoms with Crippen molar-refractivity contribution in [1.29, 1.82) is 0 Å². The summed E-state index contributed by atoms with van der Waals surface area (Å²) in [4.78, 5) is 0. The van der Waals surface area contributed by atoms with E-state index in [-0.39, 0.29) is 11.2 Å². The number of nitrogens with two attached hydrogens (primary N) is 1. The molecular formula is C13H28N2OS. The Kier molecular flexibility index (Phi) is 4.92. The molecular weight excluding hydrogens is 232 g/mol. The minimum absolute atomic E-state index is 0.0359. The molecule has 1 rings (SSSR count). The van der Waals surface area contributed by atoms with Crippen molar-refractivity contribution in [2.75, 3.05) is 5.75 Å². The summed E-state index contributed by atoms with van der Waals surface area (Å²) in [6.07, 6.45) is 1.06. The first-order valence-electron chi connectivity index (χ1n) is 6.46. The van der Waals surface area contributed by atoms with Crippen LogP contribution >= 0.6 is 11.8 Å². The van der Waals surface area contributed by atoms with Crippen molar-refractivity contribution in [2.45, 2.75) is 70.5 Å². The SMILES string of the molecule is CC(C)SCC(NN)C1CC(C)(C)OC1(C)C. The smallest absolute Gasteiger partial charge is 0.0678 e. The van der Waals surface area contributed by atoms with Crippen molar-refractivity contribution in [2.24, 2.45) is 11.8 Å². The number of ether oxygens (including phenoxy) is 1. The molecule has 0 bridgehead atoms. The van der Waals surface area contributed by atoms with Gasteiger partial charge in [-0.15, -0.1) is 0 Å². The zero-order valence-corrected chi connectivity index (χ0v) is 12.9. The van der Waals surface area contributed by atoms with E-state index in [1.54, 1.807) is 0 Å². The maximum Gasteiger partial charge on any atom is 0.0678 e. The summed E-state index contributed by atoms with van der Waals surface area (Å²) < 4.78 is 6.13. The van der Waals surface area contributed by atoms with Gasteiger partial charge in [0.1, 0.15) is 0 Å². The molecule has 0 aromatic heterocycles. The van der Waals surface area contributed by atoms with Gasteiger partial charge in [0, 0.05) is 17.7 Å². The number of hydrogen-bond acceptors (Lipinski definition) is 4. The van der Waals surface area contributed by atoms with E-state index in [4.69, 9.17) is 10.6 Å². The average Bonchev–Trinajstić information content (AvgIpc) is 2.35. The molecule has 1 aliphatic heterocycles. The van der Waals surface area contributed by atoms with E-state index < -0.39 is 0 Å². The maximum absolute atomic E-state index is 6.13. The van der Waals surface area contributed by atoms with Crippen LogP contribution in [0.4, 0.5) is 0 Å². The summed E-state index contributed by atoms with van der Waals surface area (Å²) in [7, 11) is 0. The summed E-state index contributed by atoms with van der Waals surface area (Å²) in [5.41, 5.74) is 2.86. The number of hydrogen-bond donors (Lipinski definition) is 2. The molecule has 0 saturated carbocycles. The Morgan fingerprint density at radius 2 is 1.94 bits per heavy atom. The van der Waals surface area contributed by atoms with E-state index in [9.17, 15) is 0 Å². The van der Waals surface area contributed by atoms with E-state index >= 15 is 0 Å². The lowest BCUT2D eigenvalue weighted by Gasteiger charge is -2.32. The van der Waals surface area contributed by atoms with Crippen molar-refractivity contribution in [3.63, 3.8) is 0 Å². The summed E-state index contributed by atoms with van der Waals surface area (Å²) in [6.45, 7) is 13.1. The molecule has 1 heterocycles.